The van der Waals surface area contributed by atoms with Gasteiger partial charge in [-0.25, -0.2) is 9.50 Å². The molecule has 0 atom stereocenters. The maximum absolute atomic E-state index is 12.5. The highest BCUT2D eigenvalue weighted by molar-refractivity contribution is 5.92. The van der Waals surface area contributed by atoms with Crippen LogP contribution in [0.25, 0.3) is 27.8 Å². The van der Waals surface area contributed by atoms with Crippen LogP contribution < -0.4 is 4.74 Å². The van der Waals surface area contributed by atoms with Gasteiger partial charge in [0.25, 0.3) is 0 Å². The molecule has 0 spiro atoms. The lowest BCUT2D eigenvalue weighted by Gasteiger charge is -2.33. The van der Waals surface area contributed by atoms with E-state index in [1.807, 2.05) is 36.2 Å². The van der Waals surface area contributed by atoms with Gasteiger partial charge >= 0.3 is 0 Å². The van der Waals surface area contributed by atoms with Crippen LogP contribution in [0.15, 0.2) is 36.8 Å². The SMILES string of the molecule is COc1cc(-c2[nH]c3ccc(C4CCN(C(=O)CN(C)C)CC4)cc3c2C(C)C)cn2ncnc12. The zero-order valence-electron chi connectivity index (χ0n) is 21.2. The first-order chi connectivity index (χ1) is 16.9. The summed E-state index contributed by atoms with van der Waals surface area (Å²) in [7, 11) is 5.54. The van der Waals surface area contributed by atoms with E-state index < -0.39 is 0 Å². The van der Waals surface area contributed by atoms with Gasteiger partial charge in [-0.3, -0.25) is 4.79 Å². The molecule has 4 heterocycles. The summed E-state index contributed by atoms with van der Waals surface area (Å²) >= 11 is 0. The number of nitrogens with zero attached hydrogens (tertiary/aromatic N) is 5. The van der Waals surface area contributed by atoms with Crippen LogP contribution in [0, 0.1) is 0 Å². The van der Waals surface area contributed by atoms with Crippen LogP contribution in [-0.2, 0) is 4.79 Å². The average molecular weight is 475 g/mol. The van der Waals surface area contributed by atoms with Gasteiger partial charge in [-0.05, 0) is 68.1 Å². The zero-order chi connectivity index (χ0) is 24.7. The van der Waals surface area contributed by atoms with E-state index in [0.717, 1.165) is 42.7 Å². The van der Waals surface area contributed by atoms with E-state index in [4.69, 9.17) is 4.74 Å². The van der Waals surface area contributed by atoms with E-state index in [2.05, 4.69) is 47.1 Å². The second kappa shape index (κ2) is 9.34. The van der Waals surface area contributed by atoms with Gasteiger partial charge in [0.05, 0.1) is 19.3 Å². The van der Waals surface area contributed by atoms with E-state index in [1.54, 1.807) is 18.0 Å². The van der Waals surface area contributed by atoms with Crippen LogP contribution in [0.3, 0.4) is 0 Å². The third-order valence-electron chi connectivity index (χ3n) is 7.06. The number of likely N-dealkylation sites (tertiary alicyclic amines) is 1. The third-order valence-corrected chi connectivity index (χ3v) is 7.06. The number of likely N-dealkylation sites (N-methyl/N-ethyl adjacent to an activating group) is 1. The number of hydrogen-bond donors (Lipinski definition) is 1. The van der Waals surface area contributed by atoms with Crippen molar-refractivity contribution in [3.05, 3.63) is 47.9 Å². The fraction of sp³-hybridized carbons (Fsp3) is 0.444. The minimum atomic E-state index is 0.223. The lowest BCUT2D eigenvalue weighted by molar-refractivity contribution is -0.132. The Morgan fingerprint density at radius 2 is 2.00 bits per heavy atom. The summed E-state index contributed by atoms with van der Waals surface area (Å²) in [6.45, 7) is 6.59. The zero-order valence-corrected chi connectivity index (χ0v) is 21.2. The molecule has 5 rings (SSSR count). The smallest absolute Gasteiger partial charge is 0.236 e. The summed E-state index contributed by atoms with van der Waals surface area (Å²) in [5, 5.41) is 5.59. The molecular formula is C27H34N6O2. The van der Waals surface area contributed by atoms with Gasteiger partial charge in [0.2, 0.25) is 5.91 Å². The molecule has 35 heavy (non-hydrogen) atoms. The summed E-state index contributed by atoms with van der Waals surface area (Å²) in [6, 6.07) is 8.84. The minimum absolute atomic E-state index is 0.223. The summed E-state index contributed by atoms with van der Waals surface area (Å²) in [5.41, 5.74) is 6.59. The van der Waals surface area contributed by atoms with Gasteiger partial charge in [0.15, 0.2) is 11.4 Å². The van der Waals surface area contributed by atoms with Crippen molar-refractivity contribution in [1.82, 2.24) is 29.4 Å². The van der Waals surface area contributed by atoms with Crippen molar-refractivity contribution in [3.63, 3.8) is 0 Å². The topological polar surface area (TPSA) is 78.8 Å². The van der Waals surface area contributed by atoms with E-state index >= 15 is 0 Å². The average Bonchev–Trinajstić information content (AvgIpc) is 3.47. The molecule has 0 radical (unpaired) electrons. The number of amides is 1. The second-order valence-electron chi connectivity index (χ2n) is 10.1. The normalized spacial score (nSPS) is 15.1. The fourth-order valence-corrected chi connectivity index (χ4v) is 5.33. The Balaban J connectivity index is 1.48. The number of pyridine rings is 1. The van der Waals surface area contributed by atoms with Crippen molar-refractivity contribution in [2.75, 3.05) is 40.8 Å². The molecule has 0 unspecified atom stereocenters. The number of carbonyl (C=O) groups is 1. The maximum atomic E-state index is 12.5. The van der Waals surface area contributed by atoms with Crippen molar-refractivity contribution in [3.8, 4) is 17.0 Å². The number of H-pyrrole nitrogens is 1. The predicted octanol–water partition coefficient (Wildman–Crippen LogP) is 4.28. The van der Waals surface area contributed by atoms with Crippen molar-refractivity contribution in [2.45, 2.75) is 38.5 Å². The van der Waals surface area contributed by atoms with E-state index in [9.17, 15) is 4.79 Å². The number of nitrogens with one attached hydrogen (secondary N) is 1. The first-order valence-electron chi connectivity index (χ1n) is 12.3. The molecule has 0 bridgehead atoms. The molecule has 1 aliphatic rings. The van der Waals surface area contributed by atoms with Gasteiger partial charge in [-0.2, -0.15) is 5.10 Å². The van der Waals surface area contributed by atoms with Crippen LogP contribution in [-0.4, -0.2) is 76.1 Å². The predicted molar refractivity (Wildman–Crippen MR) is 138 cm³/mol. The summed E-state index contributed by atoms with van der Waals surface area (Å²) < 4.78 is 7.36. The number of fused-ring (bicyclic) bond motifs is 2. The largest absolute Gasteiger partial charge is 0.493 e. The highest BCUT2D eigenvalue weighted by Crippen LogP contribution is 2.39. The van der Waals surface area contributed by atoms with Crippen molar-refractivity contribution < 1.29 is 9.53 Å². The Hall–Kier alpha value is -3.39. The Kier molecular flexibility index (Phi) is 6.23. The highest BCUT2D eigenvalue weighted by atomic mass is 16.5. The Morgan fingerprint density at radius 3 is 2.69 bits per heavy atom. The summed E-state index contributed by atoms with van der Waals surface area (Å²) in [5.74, 6) is 1.72. The quantitative estimate of drug-likeness (QED) is 0.451. The molecule has 8 nitrogen and oxygen atoms in total. The number of aromatic amines is 1. The first kappa shape index (κ1) is 23.4. The van der Waals surface area contributed by atoms with Crippen molar-refractivity contribution in [2.24, 2.45) is 0 Å². The van der Waals surface area contributed by atoms with Crippen molar-refractivity contribution in [1.29, 1.82) is 0 Å². The van der Waals surface area contributed by atoms with Crippen LogP contribution in [0.1, 0.15) is 49.7 Å². The van der Waals surface area contributed by atoms with Crippen LogP contribution >= 0.6 is 0 Å². The summed E-state index contributed by atoms with van der Waals surface area (Å²) in [6.07, 6.45) is 5.54. The molecule has 4 aromatic rings. The molecule has 1 N–H and O–H groups in total. The summed E-state index contributed by atoms with van der Waals surface area (Å²) in [4.78, 5) is 24.4. The standard InChI is InChI=1S/C27H34N6O2/c1-17(2)25-21-12-19(18-8-10-32(11-9-18)24(34)15-31(3)4)6-7-22(21)30-26(25)20-13-23(35-5)27-28-16-29-33(27)14-20/h6-7,12-14,16-18,30H,8-11,15H2,1-5H3. The molecule has 0 saturated carbocycles. The van der Waals surface area contributed by atoms with Gasteiger partial charge in [0.1, 0.15) is 6.33 Å². The Labute approximate surface area is 205 Å². The van der Waals surface area contributed by atoms with Crippen LogP contribution in [0.5, 0.6) is 5.75 Å². The minimum Gasteiger partial charge on any atom is -0.493 e. The molecular weight excluding hydrogens is 440 g/mol. The number of aromatic nitrogens is 4. The van der Waals surface area contributed by atoms with Crippen LogP contribution in [0.4, 0.5) is 0 Å². The molecule has 1 amide bonds. The van der Waals surface area contributed by atoms with E-state index in [1.165, 1.54) is 16.5 Å². The molecule has 184 valence electrons. The van der Waals surface area contributed by atoms with Gasteiger partial charge in [0, 0.05) is 35.8 Å². The molecule has 1 saturated heterocycles. The van der Waals surface area contributed by atoms with Crippen LogP contribution in [0.2, 0.25) is 0 Å². The van der Waals surface area contributed by atoms with E-state index in [-0.39, 0.29) is 5.91 Å². The van der Waals surface area contributed by atoms with E-state index in [0.29, 0.717) is 29.8 Å². The lowest BCUT2D eigenvalue weighted by atomic mass is 9.87. The fourth-order valence-electron chi connectivity index (χ4n) is 5.33. The lowest BCUT2D eigenvalue weighted by Crippen LogP contribution is -2.42. The van der Waals surface area contributed by atoms with Gasteiger partial charge < -0.3 is 19.5 Å². The number of methoxy groups -OCH3 is 1. The number of rotatable bonds is 6. The number of benzene rings is 1. The Morgan fingerprint density at radius 1 is 1.23 bits per heavy atom. The van der Waals surface area contributed by atoms with Gasteiger partial charge in [-0.15, -0.1) is 0 Å². The molecule has 8 heteroatoms. The highest BCUT2D eigenvalue weighted by Gasteiger charge is 2.25. The molecule has 1 fully saturated rings. The molecule has 0 aliphatic carbocycles. The molecule has 1 aromatic carbocycles. The maximum Gasteiger partial charge on any atom is 0.236 e. The number of piperidine rings is 1. The number of carbonyl (C=O) groups excluding carboxylic acids is 1. The Bertz CT molecular complexity index is 1360. The first-order valence-corrected chi connectivity index (χ1v) is 12.3. The molecule has 3 aromatic heterocycles. The second-order valence-corrected chi connectivity index (χ2v) is 10.1. The number of hydrogen-bond acceptors (Lipinski definition) is 5. The molecule has 1 aliphatic heterocycles. The number of ether oxygens (including phenoxy) is 1. The van der Waals surface area contributed by atoms with Gasteiger partial charge in [-0.1, -0.05) is 19.9 Å². The third kappa shape index (κ3) is 4.38. The van der Waals surface area contributed by atoms with Crippen molar-refractivity contribution >= 4 is 22.5 Å². The monoisotopic (exact) mass is 474 g/mol.